The zero-order valence-electron chi connectivity index (χ0n) is 16.6. The minimum Gasteiger partial charge on any atom is -0.493 e. The Morgan fingerprint density at radius 3 is 2.61 bits per heavy atom. The van der Waals surface area contributed by atoms with Gasteiger partial charge in [0.05, 0.1) is 20.0 Å². The third kappa shape index (κ3) is 4.19. The summed E-state index contributed by atoms with van der Waals surface area (Å²) in [6.07, 6.45) is 0. The monoisotopic (exact) mass is 401 g/mol. The molecular weight excluding hydrogens is 378 g/mol. The summed E-state index contributed by atoms with van der Waals surface area (Å²) in [4.78, 5) is 18.6. The topological polar surface area (TPSA) is 81.9 Å². The fourth-order valence-corrected chi connectivity index (χ4v) is 3.80. The molecule has 0 spiro atoms. The molecule has 9 heteroatoms. The molecule has 0 saturated heterocycles. The lowest BCUT2D eigenvalue weighted by Gasteiger charge is -2.18. The minimum absolute atomic E-state index is 0.00532. The average Bonchev–Trinajstić information content (AvgIpc) is 3.08. The molecule has 0 aliphatic rings. The molecule has 148 valence electrons. The van der Waals surface area contributed by atoms with E-state index in [1.807, 2.05) is 42.5 Å². The standard InChI is InChI=1S/C19H23N5O3S/c1-12-8-13(2)24-18(20-12)21-22-19(24)28-11-17(25)23(3)10-14-6-7-15(26-4)16(9-14)27-5/h6-9H,10-11H2,1-5H3. The molecule has 8 nitrogen and oxygen atoms in total. The maximum atomic E-state index is 12.6. The second-order valence-corrected chi connectivity index (χ2v) is 7.33. The van der Waals surface area contributed by atoms with E-state index in [2.05, 4.69) is 15.2 Å². The summed E-state index contributed by atoms with van der Waals surface area (Å²) in [6.45, 7) is 4.36. The van der Waals surface area contributed by atoms with E-state index in [1.165, 1.54) is 11.8 Å². The van der Waals surface area contributed by atoms with Gasteiger partial charge >= 0.3 is 0 Å². The van der Waals surface area contributed by atoms with E-state index in [-0.39, 0.29) is 11.7 Å². The number of aromatic nitrogens is 4. The summed E-state index contributed by atoms with van der Waals surface area (Å²) >= 11 is 1.35. The number of aryl methyl sites for hydroxylation is 2. The van der Waals surface area contributed by atoms with Crippen LogP contribution in [0.1, 0.15) is 17.0 Å². The van der Waals surface area contributed by atoms with Gasteiger partial charge < -0.3 is 14.4 Å². The summed E-state index contributed by atoms with van der Waals surface area (Å²) in [5, 5.41) is 8.92. The number of thioether (sulfide) groups is 1. The second-order valence-electron chi connectivity index (χ2n) is 6.38. The van der Waals surface area contributed by atoms with Crippen LogP contribution in [0.4, 0.5) is 0 Å². The molecule has 1 aromatic carbocycles. The smallest absolute Gasteiger partial charge is 0.256 e. The summed E-state index contributed by atoms with van der Waals surface area (Å²) in [6, 6.07) is 7.59. The van der Waals surface area contributed by atoms with Gasteiger partial charge in [0, 0.05) is 25.0 Å². The molecule has 0 aliphatic carbocycles. The maximum Gasteiger partial charge on any atom is 0.256 e. The van der Waals surface area contributed by atoms with Crippen LogP contribution in [0.5, 0.6) is 11.5 Å². The highest BCUT2D eigenvalue weighted by molar-refractivity contribution is 7.99. The Morgan fingerprint density at radius 1 is 1.14 bits per heavy atom. The Morgan fingerprint density at radius 2 is 1.89 bits per heavy atom. The van der Waals surface area contributed by atoms with Crippen LogP contribution in [0.25, 0.3) is 5.78 Å². The first kappa shape index (κ1) is 19.9. The van der Waals surface area contributed by atoms with Gasteiger partial charge in [-0.2, -0.15) is 0 Å². The normalized spacial score (nSPS) is 10.9. The lowest BCUT2D eigenvalue weighted by atomic mass is 10.2. The molecule has 0 N–H and O–H groups in total. The van der Waals surface area contributed by atoms with Crippen molar-refractivity contribution in [1.29, 1.82) is 0 Å². The highest BCUT2D eigenvalue weighted by Crippen LogP contribution is 2.28. The zero-order chi connectivity index (χ0) is 20.3. The molecule has 0 radical (unpaired) electrons. The molecule has 28 heavy (non-hydrogen) atoms. The van der Waals surface area contributed by atoms with Gasteiger partial charge in [-0.1, -0.05) is 17.8 Å². The van der Waals surface area contributed by atoms with Gasteiger partial charge in [-0.25, -0.2) is 4.98 Å². The molecule has 0 unspecified atom stereocenters. The SMILES string of the molecule is COc1ccc(CN(C)C(=O)CSc2nnc3nc(C)cc(C)n23)cc1OC. The first-order valence-corrected chi connectivity index (χ1v) is 9.68. The van der Waals surface area contributed by atoms with Crippen LogP contribution in [0.3, 0.4) is 0 Å². The highest BCUT2D eigenvalue weighted by Gasteiger charge is 2.15. The van der Waals surface area contributed by atoms with E-state index in [0.29, 0.717) is 29.0 Å². The maximum absolute atomic E-state index is 12.6. The molecule has 0 atom stereocenters. The first-order valence-electron chi connectivity index (χ1n) is 8.70. The highest BCUT2D eigenvalue weighted by atomic mass is 32.2. The van der Waals surface area contributed by atoms with Crippen LogP contribution in [0, 0.1) is 13.8 Å². The molecule has 0 saturated carbocycles. The van der Waals surface area contributed by atoms with Gasteiger partial charge in [0.15, 0.2) is 16.7 Å². The molecular formula is C19H23N5O3S. The number of fused-ring (bicyclic) bond motifs is 1. The van der Waals surface area contributed by atoms with Gasteiger partial charge in [-0.3, -0.25) is 9.20 Å². The quantitative estimate of drug-likeness (QED) is 0.563. The summed E-state index contributed by atoms with van der Waals surface area (Å²) in [5.41, 5.74) is 2.84. The molecule has 3 rings (SSSR count). The van der Waals surface area contributed by atoms with E-state index in [1.54, 1.807) is 26.2 Å². The predicted molar refractivity (Wildman–Crippen MR) is 107 cm³/mol. The average molecular weight is 401 g/mol. The van der Waals surface area contributed by atoms with Gasteiger partial charge in [0.2, 0.25) is 5.91 Å². The second kappa shape index (κ2) is 8.47. The molecule has 0 bridgehead atoms. The Hall–Kier alpha value is -2.81. The van der Waals surface area contributed by atoms with E-state index in [9.17, 15) is 4.79 Å². The van der Waals surface area contributed by atoms with E-state index >= 15 is 0 Å². The molecule has 3 aromatic rings. The first-order chi connectivity index (χ1) is 13.4. The molecule has 0 aliphatic heterocycles. The number of hydrogen-bond donors (Lipinski definition) is 0. The number of hydrogen-bond acceptors (Lipinski definition) is 7. The number of ether oxygens (including phenoxy) is 2. The lowest BCUT2D eigenvalue weighted by molar-refractivity contribution is -0.127. The number of methoxy groups -OCH3 is 2. The van der Waals surface area contributed by atoms with Gasteiger partial charge in [0.1, 0.15) is 0 Å². The number of carbonyl (C=O) groups is 1. The van der Waals surface area contributed by atoms with Crippen molar-refractivity contribution in [2.75, 3.05) is 27.0 Å². The zero-order valence-corrected chi connectivity index (χ0v) is 17.4. The van der Waals surface area contributed by atoms with Crippen molar-refractivity contribution in [2.24, 2.45) is 0 Å². The van der Waals surface area contributed by atoms with Crippen molar-refractivity contribution in [3.8, 4) is 11.5 Å². The molecule has 2 heterocycles. The van der Waals surface area contributed by atoms with Crippen molar-refractivity contribution in [1.82, 2.24) is 24.5 Å². The van der Waals surface area contributed by atoms with Crippen LogP contribution in [0.15, 0.2) is 29.4 Å². The van der Waals surface area contributed by atoms with Crippen molar-refractivity contribution in [2.45, 2.75) is 25.5 Å². The van der Waals surface area contributed by atoms with Crippen LogP contribution in [0.2, 0.25) is 0 Å². The van der Waals surface area contributed by atoms with Crippen LogP contribution in [-0.2, 0) is 11.3 Å². The third-order valence-electron chi connectivity index (χ3n) is 4.28. The van der Waals surface area contributed by atoms with Crippen LogP contribution >= 0.6 is 11.8 Å². The van der Waals surface area contributed by atoms with E-state index in [4.69, 9.17) is 9.47 Å². The molecule has 1 amide bonds. The molecule has 0 fully saturated rings. The summed E-state index contributed by atoms with van der Waals surface area (Å²) in [7, 11) is 4.96. The Kier molecular flexibility index (Phi) is 6.03. The summed E-state index contributed by atoms with van der Waals surface area (Å²) in [5.74, 6) is 2.11. The van der Waals surface area contributed by atoms with Gasteiger partial charge in [-0.05, 0) is 37.6 Å². The van der Waals surface area contributed by atoms with E-state index < -0.39 is 0 Å². The predicted octanol–water partition coefficient (Wildman–Crippen LogP) is 2.51. The fraction of sp³-hybridized carbons (Fsp3) is 0.368. The van der Waals surface area contributed by atoms with Gasteiger partial charge in [0.25, 0.3) is 5.78 Å². The number of carbonyl (C=O) groups excluding carboxylic acids is 1. The number of rotatable bonds is 7. The van der Waals surface area contributed by atoms with Crippen LogP contribution in [-0.4, -0.2) is 57.4 Å². The lowest BCUT2D eigenvalue weighted by Crippen LogP contribution is -2.27. The Balaban J connectivity index is 1.65. The third-order valence-corrected chi connectivity index (χ3v) is 5.20. The summed E-state index contributed by atoms with van der Waals surface area (Å²) < 4.78 is 12.4. The van der Waals surface area contributed by atoms with Gasteiger partial charge in [-0.15, -0.1) is 10.2 Å². The van der Waals surface area contributed by atoms with Crippen LogP contribution < -0.4 is 9.47 Å². The number of amides is 1. The molecule has 2 aromatic heterocycles. The van der Waals surface area contributed by atoms with Crippen molar-refractivity contribution in [3.05, 3.63) is 41.2 Å². The Bertz CT molecular complexity index is 1000. The fourth-order valence-electron chi connectivity index (χ4n) is 2.87. The largest absolute Gasteiger partial charge is 0.493 e. The van der Waals surface area contributed by atoms with E-state index in [0.717, 1.165) is 17.0 Å². The Labute approximate surface area is 167 Å². The van der Waals surface area contributed by atoms with Crippen molar-refractivity contribution >= 4 is 23.4 Å². The number of benzene rings is 1. The van der Waals surface area contributed by atoms with Crippen molar-refractivity contribution < 1.29 is 14.3 Å². The van der Waals surface area contributed by atoms with Crippen molar-refractivity contribution in [3.63, 3.8) is 0 Å². The minimum atomic E-state index is -0.00532. The number of nitrogens with zero attached hydrogens (tertiary/aromatic N) is 5.